The van der Waals surface area contributed by atoms with Gasteiger partial charge in [0, 0.05) is 13.1 Å². The van der Waals surface area contributed by atoms with E-state index in [0.29, 0.717) is 19.3 Å². The highest BCUT2D eigenvalue weighted by Crippen LogP contribution is 2.42. The molecule has 0 radical (unpaired) electrons. The van der Waals surface area contributed by atoms with Crippen molar-refractivity contribution >= 4 is 5.91 Å². The number of unbranched alkanes of at least 4 members (excludes halogenated alkanes) is 1. The second-order valence-corrected chi connectivity index (χ2v) is 5.03. The number of hydrogen-bond acceptors (Lipinski definition) is 2. The van der Waals surface area contributed by atoms with Gasteiger partial charge >= 0.3 is 6.18 Å². The van der Waals surface area contributed by atoms with Gasteiger partial charge in [-0.1, -0.05) is 19.8 Å². The van der Waals surface area contributed by atoms with E-state index in [9.17, 15) is 18.0 Å². The topological polar surface area (TPSA) is 46.3 Å². The van der Waals surface area contributed by atoms with E-state index >= 15 is 0 Å². The van der Waals surface area contributed by atoms with Crippen LogP contribution in [0.5, 0.6) is 0 Å². The fourth-order valence-electron chi connectivity index (χ4n) is 2.26. The van der Waals surface area contributed by atoms with Gasteiger partial charge in [-0.25, -0.2) is 0 Å². The summed E-state index contributed by atoms with van der Waals surface area (Å²) in [5, 5.41) is 0. The summed E-state index contributed by atoms with van der Waals surface area (Å²) in [4.78, 5) is 13.1. The number of carbonyl (C=O) groups excluding carboxylic acids is 1. The first-order valence-electron chi connectivity index (χ1n) is 6.41. The second kappa shape index (κ2) is 5.91. The molecule has 0 atom stereocenters. The maximum Gasteiger partial charge on any atom is 0.406 e. The van der Waals surface area contributed by atoms with Crippen molar-refractivity contribution < 1.29 is 18.0 Å². The van der Waals surface area contributed by atoms with E-state index in [0.717, 1.165) is 17.7 Å². The lowest BCUT2D eigenvalue weighted by atomic mass is 9.68. The van der Waals surface area contributed by atoms with Crippen molar-refractivity contribution in [3.8, 4) is 0 Å². The Morgan fingerprint density at radius 1 is 1.39 bits per heavy atom. The maximum absolute atomic E-state index is 12.5. The van der Waals surface area contributed by atoms with Crippen molar-refractivity contribution in [2.45, 2.75) is 45.2 Å². The first-order valence-corrected chi connectivity index (χ1v) is 6.41. The molecule has 1 rings (SSSR count). The highest BCUT2D eigenvalue weighted by molar-refractivity contribution is 5.84. The number of amides is 1. The lowest BCUT2D eigenvalue weighted by molar-refractivity contribution is -0.171. The van der Waals surface area contributed by atoms with Crippen LogP contribution in [0.15, 0.2) is 0 Å². The molecule has 0 saturated heterocycles. The van der Waals surface area contributed by atoms with Crippen LogP contribution in [-0.4, -0.2) is 36.6 Å². The van der Waals surface area contributed by atoms with Gasteiger partial charge in [0.25, 0.3) is 0 Å². The Labute approximate surface area is 106 Å². The van der Waals surface area contributed by atoms with Crippen LogP contribution >= 0.6 is 0 Å². The van der Waals surface area contributed by atoms with Crippen LogP contribution in [0.1, 0.15) is 39.0 Å². The minimum Gasteiger partial charge on any atom is -0.333 e. The number of rotatable bonds is 6. The summed E-state index contributed by atoms with van der Waals surface area (Å²) in [5.74, 6) is -0.415. The lowest BCUT2D eigenvalue weighted by Gasteiger charge is -2.43. The average molecular weight is 266 g/mol. The van der Waals surface area contributed by atoms with Crippen molar-refractivity contribution in [1.82, 2.24) is 4.90 Å². The Bertz CT molecular complexity index is 282. The molecule has 0 aromatic rings. The average Bonchev–Trinajstić information content (AvgIpc) is 2.21. The first-order chi connectivity index (χ1) is 8.34. The van der Waals surface area contributed by atoms with Crippen LogP contribution < -0.4 is 5.73 Å². The van der Waals surface area contributed by atoms with Gasteiger partial charge in [-0.05, 0) is 19.3 Å². The van der Waals surface area contributed by atoms with Crippen molar-refractivity contribution in [3.63, 3.8) is 0 Å². The first kappa shape index (κ1) is 15.3. The fourth-order valence-corrected chi connectivity index (χ4v) is 2.26. The van der Waals surface area contributed by atoms with Crippen LogP contribution in [0, 0.1) is 5.41 Å². The van der Waals surface area contributed by atoms with Gasteiger partial charge in [0.15, 0.2) is 0 Å². The summed E-state index contributed by atoms with van der Waals surface area (Å²) in [6, 6.07) is 0. The predicted octanol–water partition coefficient (Wildman–Crippen LogP) is 2.31. The zero-order chi connectivity index (χ0) is 13.8. The molecule has 0 aromatic heterocycles. The van der Waals surface area contributed by atoms with E-state index in [2.05, 4.69) is 0 Å². The van der Waals surface area contributed by atoms with E-state index in [1.54, 1.807) is 0 Å². The molecule has 18 heavy (non-hydrogen) atoms. The smallest absolute Gasteiger partial charge is 0.333 e. The third kappa shape index (κ3) is 3.60. The predicted molar refractivity (Wildman–Crippen MR) is 62.9 cm³/mol. The van der Waals surface area contributed by atoms with Gasteiger partial charge in [0.1, 0.15) is 6.54 Å². The number of halogens is 3. The molecule has 1 amide bonds. The van der Waals surface area contributed by atoms with Crippen molar-refractivity contribution in [1.29, 1.82) is 0 Å². The summed E-state index contributed by atoms with van der Waals surface area (Å²) in [5.41, 5.74) is 4.85. The Balaban J connectivity index is 2.72. The Kier molecular flexibility index (Phi) is 5.01. The normalized spacial score (nSPS) is 18.3. The molecule has 0 unspecified atom stereocenters. The third-order valence-electron chi connectivity index (χ3n) is 3.59. The fraction of sp³-hybridized carbons (Fsp3) is 0.917. The zero-order valence-corrected chi connectivity index (χ0v) is 10.7. The Morgan fingerprint density at radius 2 is 2.00 bits per heavy atom. The van der Waals surface area contributed by atoms with Crippen LogP contribution in [0.3, 0.4) is 0 Å². The van der Waals surface area contributed by atoms with E-state index < -0.39 is 24.0 Å². The van der Waals surface area contributed by atoms with Crippen LogP contribution in [-0.2, 0) is 4.79 Å². The molecular formula is C12H21F3N2O. The molecular weight excluding hydrogens is 245 g/mol. The van der Waals surface area contributed by atoms with E-state index in [-0.39, 0.29) is 13.1 Å². The maximum atomic E-state index is 12.5. The number of nitrogens with zero attached hydrogens (tertiary/aromatic N) is 1. The minimum absolute atomic E-state index is 0.145. The molecule has 1 aliphatic carbocycles. The Morgan fingerprint density at radius 3 is 2.33 bits per heavy atom. The molecule has 0 bridgehead atoms. The third-order valence-corrected chi connectivity index (χ3v) is 3.59. The quantitative estimate of drug-likeness (QED) is 0.802. The van der Waals surface area contributed by atoms with Crippen molar-refractivity contribution in [2.75, 3.05) is 19.6 Å². The van der Waals surface area contributed by atoms with Gasteiger partial charge in [-0.2, -0.15) is 13.2 Å². The van der Waals surface area contributed by atoms with Crippen LogP contribution in [0.2, 0.25) is 0 Å². The van der Waals surface area contributed by atoms with Crippen LogP contribution in [0.25, 0.3) is 0 Å². The number of nitrogens with two attached hydrogens (primary N) is 1. The monoisotopic (exact) mass is 266 g/mol. The lowest BCUT2D eigenvalue weighted by Crippen LogP contribution is -2.54. The SMILES string of the molecule is CCCCN(CC(F)(F)F)C(=O)C1(CN)CCC1. The van der Waals surface area contributed by atoms with Gasteiger partial charge in [0.2, 0.25) is 5.91 Å². The van der Waals surface area contributed by atoms with E-state index in [1.807, 2.05) is 6.92 Å². The molecule has 1 saturated carbocycles. The van der Waals surface area contributed by atoms with Gasteiger partial charge in [-0.3, -0.25) is 4.79 Å². The zero-order valence-electron chi connectivity index (χ0n) is 10.7. The largest absolute Gasteiger partial charge is 0.406 e. The molecule has 106 valence electrons. The summed E-state index contributed by atoms with van der Waals surface area (Å²) < 4.78 is 37.4. The molecule has 0 aliphatic heterocycles. The summed E-state index contributed by atoms with van der Waals surface area (Å²) in [6.45, 7) is 1.04. The molecule has 0 heterocycles. The number of hydrogen-bond donors (Lipinski definition) is 1. The van der Waals surface area contributed by atoms with Crippen molar-refractivity contribution in [3.05, 3.63) is 0 Å². The standard InChI is InChI=1S/C12H21F3N2O/c1-2-3-7-17(9-12(13,14)15)10(18)11(8-16)5-4-6-11/h2-9,16H2,1H3. The van der Waals surface area contributed by atoms with E-state index in [4.69, 9.17) is 5.73 Å². The van der Waals surface area contributed by atoms with E-state index in [1.165, 1.54) is 0 Å². The minimum atomic E-state index is -4.34. The molecule has 2 N–H and O–H groups in total. The van der Waals surface area contributed by atoms with Crippen LogP contribution in [0.4, 0.5) is 13.2 Å². The molecule has 6 heteroatoms. The van der Waals surface area contributed by atoms with Gasteiger partial charge < -0.3 is 10.6 Å². The molecule has 3 nitrogen and oxygen atoms in total. The molecule has 1 fully saturated rings. The van der Waals surface area contributed by atoms with Crippen molar-refractivity contribution in [2.24, 2.45) is 11.1 Å². The van der Waals surface area contributed by atoms with Gasteiger partial charge in [0.05, 0.1) is 5.41 Å². The molecule has 0 spiro atoms. The highest BCUT2D eigenvalue weighted by atomic mass is 19.4. The van der Waals surface area contributed by atoms with Gasteiger partial charge in [-0.15, -0.1) is 0 Å². The summed E-state index contributed by atoms with van der Waals surface area (Å²) in [6.07, 6.45) is -0.898. The number of carbonyl (C=O) groups is 1. The molecule has 0 aromatic carbocycles. The summed E-state index contributed by atoms with van der Waals surface area (Å²) in [7, 11) is 0. The Hall–Kier alpha value is -0.780. The second-order valence-electron chi connectivity index (χ2n) is 5.03. The molecule has 1 aliphatic rings. The number of alkyl halides is 3. The summed E-state index contributed by atoms with van der Waals surface area (Å²) >= 11 is 0. The highest BCUT2D eigenvalue weighted by Gasteiger charge is 2.46.